The summed E-state index contributed by atoms with van der Waals surface area (Å²) < 4.78 is 15.0. The van der Waals surface area contributed by atoms with Gasteiger partial charge in [-0.1, -0.05) is 58.9 Å². The Bertz CT molecular complexity index is 1440. The molecule has 2 N–H and O–H groups in total. The molecule has 0 saturated heterocycles. The van der Waals surface area contributed by atoms with E-state index in [4.69, 9.17) is 0 Å². The van der Waals surface area contributed by atoms with E-state index >= 15 is 0 Å². The van der Waals surface area contributed by atoms with Gasteiger partial charge in [0, 0.05) is 16.5 Å². The van der Waals surface area contributed by atoms with Crippen molar-refractivity contribution in [2.24, 2.45) is 51.2 Å². The van der Waals surface area contributed by atoms with Crippen molar-refractivity contribution in [3.8, 4) is 0 Å². The van der Waals surface area contributed by atoms with Crippen LogP contribution in [-0.4, -0.2) is 16.1 Å². The monoisotopic (exact) mass is 545 g/mol. The lowest BCUT2D eigenvalue weighted by Crippen LogP contribution is -2.66. The van der Waals surface area contributed by atoms with E-state index in [0.717, 1.165) is 43.9 Å². The molecule has 216 valence electrons. The molecule has 4 heteroatoms. The maximum atomic E-state index is 15.0. The Morgan fingerprint density at radius 3 is 2.42 bits per heavy atom. The zero-order chi connectivity index (χ0) is 28.6. The molecule has 0 radical (unpaired) electrons. The Kier molecular flexibility index (Phi) is 5.38. The number of aromatic amines is 1. The highest BCUT2D eigenvalue weighted by Gasteiger charge is 2.72. The molecule has 7 rings (SSSR count). The molecule has 3 nitrogen and oxygen atoms in total. The second kappa shape index (κ2) is 8.04. The van der Waals surface area contributed by atoms with E-state index < -0.39 is 11.4 Å². The number of aromatic nitrogens is 1. The van der Waals surface area contributed by atoms with Crippen molar-refractivity contribution in [3.05, 3.63) is 47.4 Å². The zero-order valence-electron chi connectivity index (χ0n) is 25.4. The Morgan fingerprint density at radius 1 is 0.975 bits per heavy atom. The van der Waals surface area contributed by atoms with Gasteiger partial charge in [0.1, 0.15) is 5.82 Å². The number of rotatable bonds is 2. The van der Waals surface area contributed by atoms with Gasteiger partial charge in [-0.05, 0) is 122 Å². The molecule has 9 atom stereocenters. The molecule has 1 aromatic carbocycles. The first-order valence-electron chi connectivity index (χ1n) is 15.9. The highest BCUT2D eigenvalue weighted by atomic mass is 19.1. The van der Waals surface area contributed by atoms with E-state index in [1.54, 1.807) is 6.07 Å². The van der Waals surface area contributed by atoms with Crippen LogP contribution in [0.3, 0.4) is 0 Å². The van der Waals surface area contributed by atoms with Crippen LogP contribution in [0.25, 0.3) is 10.9 Å². The highest BCUT2D eigenvalue weighted by molar-refractivity contribution is 5.86. The molecular formula is C36H48FNO2. The SMILES string of the molecule is C=C(C)[C@@H]1CC[C@]2(C(=O)O)CC[C@]3(C)[C@H](CC[C@@H]4[C@@]5(C)Cc6c([nH]c7c(F)cccc67)C(C)(C)[C@@H]5CC[C@]43C)[C@@H]12. The highest BCUT2D eigenvalue weighted by Crippen LogP contribution is 2.77. The molecule has 1 aromatic heterocycles. The summed E-state index contributed by atoms with van der Waals surface area (Å²) in [5.41, 5.74) is 4.19. The van der Waals surface area contributed by atoms with Gasteiger partial charge in [0.15, 0.2) is 0 Å². The Hall–Kier alpha value is -2.10. The number of nitrogens with one attached hydrogen (secondary N) is 1. The van der Waals surface area contributed by atoms with Crippen LogP contribution >= 0.6 is 0 Å². The minimum Gasteiger partial charge on any atom is -0.481 e. The smallest absolute Gasteiger partial charge is 0.309 e. The molecule has 0 amide bonds. The number of hydrogen-bond acceptors (Lipinski definition) is 1. The molecule has 0 spiro atoms. The number of halogens is 1. The third-order valence-electron chi connectivity index (χ3n) is 14.7. The van der Waals surface area contributed by atoms with Crippen molar-refractivity contribution in [1.82, 2.24) is 4.98 Å². The molecule has 4 fully saturated rings. The van der Waals surface area contributed by atoms with Crippen molar-refractivity contribution in [3.63, 3.8) is 0 Å². The molecule has 5 aliphatic rings. The zero-order valence-corrected chi connectivity index (χ0v) is 25.4. The molecular weight excluding hydrogens is 497 g/mol. The van der Waals surface area contributed by atoms with Gasteiger partial charge in [0.25, 0.3) is 0 Å². The number of H-pyrrole nitrogens is 1. The lowest BCUT2D eigenvalue weighted by atomic mass is 9.32. The van der Waals surface area contributed by atoms with Crippen molar-refractivity contribution in [2.75, 3.05) is 0 Å². The van der Waals surface area contributed by atoms with Crippen molar-refractivity contribution < 1.29 is 14.3 Å². The van der Waals surface area contributed by atoms with Gasteiger partial charge in [-0.25, -0.2) is 4.39 Å². The first-order chi connectivity index (χ1) is 18.7. The molecule has 40 heavy (non-hydrogen) atoms. The lowest BCUT2D eigenvalue weighted by Gasteiger charge is -2.72. The van der Waals surface area contributed by atoms with Crippen molar-refractivity contribution in [2.45, 2.75) is 105 Å². The van der Waals surface area contributed by atoms with E-state index in [2.05, 4.69) is 59.2 Å². The van der Waals surface area contributed by atoms with Gasteiger partial charge in [0.2, 0.25) is 0 Å². The van der Waals surface area contributed by atoms with E-state index in [9.17, 15) is 14.3 Å². The van der Waals surface area contributed by atoms with Gasteiger partial charge in [0.05, 0.1) is 10.9 Å². The number of aliphatic carboxylic acids is 1. The summed E-state index contributed by atoms with van der Waals surface area (Å²) in [6, 6.07) is 5.55. The fourth-order valence-electron chi connectivity index (χ4n) is 12.8. The largest absolute Gasteiger partial charge is 0.481 e. The van der Waals surface area contributed by atoms with E-state index in [-0.39, 0.29) is 33.4 Å². The minimum atomic E-state index is -0.575. The van der Waals surface area contributed by atoms with Crippen LogP contribution in [0.1, 0.15) is 104 Å². The predicted octanol–water partition coefficient (Wildman–Crippen LogP) is 9.06. The van der Waals surface area contributed by atoms with E-state index in [1.807, 2.05) is 6.07 Å². The second-order valence-electron chi connectivity index (χ2n) is 16.2. The maximum absolute atomic E-state index is 15.0. The molecule has 2 aromatic rings. The summed E-state index contributed by atoms with van der Waals surface area (Å²) in [5, 5.41) is 11.7. The van der Waals surface area contributed by atoms with E-state index in [1.165, 1.54) is 36.1 Å². The van der Waals surface area contributed by atoms with Crippen LogP contribution in [0.4, 0.5) is 4.39 Å². The van der Waals surface area contributed by atoms with Crippen LogP contribution in [0, 0.1) is 57.1 Å². The fraction of sp³-hybridized carbons (Fsp3) is 0.694. The number of allylic oxidation sites excluding steroid dienone is 1. The first kappa shape index (κ1) is 26.8. The third kappa shape index (κ3) is 2.94. The summed E-state index contributed by atoms with van der Waals surface area (Å²) in [7, 11) is 0. The summed E-state index contributed by atoms with van der Waals surface area (Å²) >= 11 is 0. The Morgan fingerprint density at radius 2 is 1.73 bits per heavy atom. The van der Waals surface area contributed by atoms with Gasteiger partial charge in [-0.2, -0.15) is 0 Å². The van der Waals surface area contributed by atoms with E-state index in [0.29, 0.717) is 29.2 Å². The van der Waals surface area contributed by atoms with Crippen LogP contribution < -0.4 is 0 Å². The second-order valence-corrected chi connectivity index (χ2v) is 16.2. The van der Waals surface area contributed by atoms with Crippen LogP contribution in [-0.2, 0) is 16.6 Å². The lowest BCUT2D eigenvalue weighted by molar-refractivity contribution is -0.227. The normalized spacial score (nSPS) is 45.1. The minimum absolute atomic E-state index is 0.0611. The standard InChI is InChI=1S/C36H48FNO2/c1-20(2)21-13-16-36(31(39)40)18-17-34(6)24(28(21)36)11-12-27-33(5)19-23-22-9-8-10-25(37)29(22)38-30(23)32(3,4)26(33)14-15-35(27,34)7/h8-10,21,24,26-28,38H,1,11-19H2,2-7H3,(H,39,40)/t21-,24+,26-,27+,28+,33-,34+,35+,36-/m0/s1. The first-order valence-corrected chi connectivity index (χ1v) is 15.9. The molecule has 1 heterocycles. The average molecular weight is 546 g/mol. The fourth-order valence-corrected chi connectivity index (χ4v) is 12.8. The number of para-hydroxylation sites is 1. The van der Waals surface area contributed by atoms with Gasteiger partial charge in [-0.3, -0.25) is 4.79 Å². The Balaban J connectivity index is 1.34. The molecule has 0 unspecified atom stereocenters. The van der Waals surface area contributed by atoms with Crippen molar-refractivity contribution >= 4 is 16.9 Å². The van der Waals surface area contributed by atoms with Gasteiger partial charge in [-0.15, -0.1) is 0 Å². The number of carboxylic acids is 1. The number of fused-ring (bicyclic) bond motifs is 10. The average Bonchev–Trinajstić information content (AvgIpc) is 3.46. The van der Waals surface area contributed by atoms with Crippen LogP contribution in [0.15, 0.2) is 30.4 Å². The third-order valence-corrected chi connectivity index (χ3v) is 14.7. The Labute approximate surface area is 239 Å². The molecule has 5 aliphatic carbocycles. The number of carbonyl (C=O) groups is 1. The molecule has 0 bridgehead atoms. The molecule has 4 saturated carbocycles. The summed E-state index contributed by atoms with van der Waals surface area (Å²) in [4.78, 5) is 16.5. The number of carboxylic acid groups (broad SMARTS) is 1. The van der Waals surface area contributed by atoms with Gasteiger partial charge < -0.3 is 10.1 Å². The summed E-state index contributed by atoms with van der Waals surface area (Å²) in [6.45, 7) is 19.1. The van der Waals surface area contributed by atoms with Crippen molar-refractivity contribution in [1.29, 1.82) is 0 Å². The predicted molar refractivity (Wildman–Crippen MR) is 159 cm³/mol. The maximum Gasteiger partial charge on any atom is 0.309 e. The number of hydrogen-bond donors (Lipinski definition) is 2. The molecule has 0 aliphatic heterocycles. The quantitative estimate of drug-likeness (QED) is 0.370. The topological polar surface area (TPSA) is 53.1 Å². The number of benzene rings is 1. The van der Waals surface area contributed by atoms with Crippen LogP contribution in [0.5, 0.6) is 0 Å². The summed E-state index contributed by atoms with van der Waals surface area (Å²) in [5.74, 6) is 1.34. The van der Waals surface area contributed by atoms with Crippen LogP contribution in [0.2, 0.25) is 0 Å². The summed E-state index contributed by atoms with van der Waals surface area (Å²) in [6.07, 6.45) is 9.28. The van der Waals surface area contributed by atoms with Gasteiger partial charge >= 0.3 is 5.97 Å².